The zero-order chi connectivity index (χ0) is 18.0. The first-order valence-electron chi connectivity index (χ1n) is 7.20. The molecule has 0 aromatic heterocycles. The number of carbonyl (C=O) groups is 1. The largest absolute Gasteiger partial charge is 0.453 e. The summed E-state index contributed by atoms with van der Waals surface area (Å²) in [5.74, 6) is 0.571. The highest BCUT2D eigenvalue weighted by molar-refractivity contribution is 7.85. The van der Waals surface area contributed by atoms with E-state index in [0.717, 1.165) is 5.56 Å². The highest BCUT2D eigenvalue weighted by Gasteiger charge is 2.26. The summed E-state index contributed by atoms with van der Waals surface area (Å²) in [6, 6.07) is 12.3. The van der Waals surface area contributed by atoms with E-state index in [2.05, 4.69) is 0 Å². The molecule has 0 fully saturated rings. The first-order valence-corrected chi connectivity index (χ1v) is 9.45. The van der Waals surface area contributed by atoms with Crippen LogP contribution in [0.15, 0.2) is 48.2 Å². The standard InChI is InChI=1S/C17H13Cl2NO4S/c18-11-6-13-14(7-12(11)19)24-17(10-4-2-1-3-5-10)15(23-13)8-25(22)9-16(20)21/h1-7H,8-9H2,(H2,20,21). The number of fused-ring (bicyclic) bond motifs is 1. The molecule has 0 aliphatic carbocycles. The number of ether oxygens (including phenoxy) is 2. The van der Waals surface area contributed by atoms with Crippen molar-refractivity contribution in [2.24, 2.45) is 5.73 Å². The average molecular weight is 398 g/mol. The Bertz CT molecular complexity index is 884. The minimum absolute atomic E-state index is 0.0210. The SMILES string of the molecule is NC(=O)CS(=O)CC1=C(c2ccccc2)Oc2cc(Cl)c(Cl)cc2O1. The van der Waals surface area contributed by atoms with Gasteiger partial charge in [0.2, 0.25) is 5.91 Å². The van der Waals surface area contributed by atoms with Crippen molar-refractivity contribution >= 4 is 45.7 Å². The van der Waals surface area contributed by atoms with Gasteiger partial charge in [0.25, 0.3) is 0 Å². The van der Waals surface area contributed by atoms with Gasteiger partial charge in [0, 0.05) is 28.5 Å². The smallest absolute Gasteiger partial charge is 0.230 e. The minimum Gasteiger partial charge on any atom is -0.453 e. The molecule has 2 aromatic rings. The number of carbonyl (C=O) groups excluding carboxylic acids is 1. The second kappa shape index (κ2) is 7.47. The highest BCUT2D eigenvalue weighted by Crippen LogP contribution is 2.42. The van der Waals surface area contributed by atoms with E-state index in [0.29, 0.717) is 33.1 Å². The van der Waals surface area contributed by atoms with Crippen LogP contribution in [0, 0.1) is 0 Å². The van der Waals surface area contributed by atoms with E-state index in [4.69, 9.17) is 38.4 Å². The summed E-state index contributed by atoms with van der Waals surface area (Å²) in [7, 11) is -1.53. The van der Waals surface area contributed by atoms with Crippen LogP contribution in [0.25, 0.3) is 5.76 Å². The van der Waals surface area contributed by atoms with E-state index in [1.807, 2.05) is 30.3 Å². The number of amides is 1. The number of hydrogen-bond acceptors (Lipinski definition) is 4. The molecule has 25 heavy (non-hydrogen) atoms. The second-order valence-corrected chi connectivity index (χ2v) is 7.50. The van der Waals surface area contributed by atoms with Crippen molar-refractivity contribution in [2.45, 2.75) is 0 Å². The van der Waals surface area contributed by atoms with Crippen molar-refractivity contribution in [2.75, 3.05) is 11.5 Å². The molecular weight excluding hydrogens is 385 g/mol. The lowest BCUT2D eigenvalue weighted by Crippen LogP contribution is -2.24. The molecule has 1 atom stereocenters. The Labute approximate surface area is 156 Å². The van der Waals surface area contributed by atoms with Gasteiger partial charge in [-0.2, -0.15) is 0 Å². The molecule has 0 saturated carbocycles. The van der Waals surface area contributed by atoms with Gasteiger partial charge in [-0.1, -0.05) is 53.5 Å². The molecule has 1 amide bonds. The fraction of sp³-hybridized carbons (Fsp3) is 0.118. The Morgan fingerprint density at radius 2 is 1.64 bits per heavy atom. The Hall–Kier alpha value is -2.02. The molecular formula is C17H13Cl2NO4S. The fourth-order valence-corrected chi connectivity index (χ4v) is 3.49. The van der Waals surface area contributed by atoms with Crippen molar-refractivity contribution in [1.29, 1.82) is 0 Å². The molecule has 1 heterocycles. The van der Waals surface area contributed by atoms with E-state index < -0.39 is 16.7 Å². The molecule has 2 N–H and O–H groups in total. The van der Waals surface area contributed by atoms with Gasteiger partial charge in [-0.25, -0.2) is 0 Å². The zero-order valence-electron chi connectivity index (χ0n) is 12.8. The van der Waals surface area contributed by atoms with E-state index in [9.17, 15) is 9.00 Å². The molecule has 2 aromatic carbocycles. The third-order valence-corrected chi connectivity index (χ3v) is 5.23. The van der Waals surface area contributed by atoms with E-state index >= 15 is 0 Å². The van der Waals surface area contributed by atoms with Crippen LogP contribution in [0.2, 0.25) is 10.0 Å². The maximum absolute atomic E-state index is 12.1. The molecule has 0 bridgehead atoms. The summed E-state index contributed by atoms with van der Waals surface area (Å²) in [4.78, 5) is 11.0. The normalized spacial score (nSPS) is 14.3. The lowest BCUT2D eigenvalue weighted by Gasteiger charge is -2.24. The second-order valence-electron chi connectivity index (χ2n) is 5.23. The molecule has 0 radical (unpaired) electrons. The Morgan fingerprint density at radius 3 is 2.24 bits per heavy atom. The topological polar surface area (TPSA) is 78.6 Å². The summed E-state index contributed by atoms with van der Waals surface area (Å²) < 4.78 is 23.9. The van der Waals surface area contributed by atoms with Gasteiger partial charge in [-0.15, -0.1) is 0 Å². The van der Waals surface area contributed by atoms with Crippen LogP contribution in [0.5, 0.6) is 11.5 Å². The molecule has 1 aliphatic rings. The Balaban J connectivity index is 2.01. The first-order chi connectivity index (χ1) is 11.9. The quantitative estimate of drug-likeness (QED) is 0.838. The minimum atomic E-state index is -1.53. The molecule has 3 rings (SSSR count). The van der Waals surface area contributed by atoms with Crippen LogP contribution in [-0.4, -0.2) is 21.6 Å². The molecule has 1 aliphatic heterocycles. The number of halogens is 2. The van der Waals surface area contributed by atoms with E-state index in [-0.39, 0.29) is 11.5 Å². The number of nitrogens with two attached hydrogens (primary N) is 1. The van der Waals surface area contributed by atoms with Crippen molar-refractivity contribution in [3.8, 4) is 11.5 Å². The monoisotopic (exact) mass is 397 g/mol. The predicted octanol–water partition coefficient (Wildman–Crippen LogP) is 3.37. The number of hydrogen-bond donors (Lipinski definition) is 1. The van der Waals surface area contributed by atoms with Gasteiger partial charge < -0.3 is 15.2 Å². The van der Waals surface area contributed by atoms with E-state index in [1.165, 1.54) is 6.07 Å². The van der Waals surface area contributed by atoms with Gasteiger partial charge in [-0.3, -0.25) is 9.00 Å². The van der Waals surface area contributed by atoms with Gasteiger partial charge in [0.05, 0.1) is 15.8 Å². The number of primary amides is 1. The third kappa shape index (κ3) is 4.15. The van der Waals surface area contributed by atoms with Gasteiger partial charge in [0.15, 0.2) is 23.0 Å². The number of rotatable bonds is 5. The van der Waals surface area contributed by atoms with Gasteiger partial charge in [0.1, 0.15) is 5.75 Å². The summed E-state index contributed by atoms with van der Waals surface area (Å²) in [6.45, 7) is 0. The average Bonchev–Trinajstić information content (AvgIpc) is 2.56. The summed E-state index contributed by atoms with van der Waals surface area (Å²) in [5.41, 5.74) is 5.85. The highest BCUT2D eigenvalue weighted by atomic mass is 35.5. The Kier molecular flexibility index (Phi) is 5.32. The number of benzene rings is 2. The molecule has 0 spiro atoms. The van der Waals surface area contributed by atoms with Crippen LogP contribution in [0.4, 0.5) is 0 Å². The van der Waals surface area contributed by atoms with Crippen LogP contribution in [-0.2, 0) is 15.6 Å². The van der Waals surface area contributed by atoms with Crippen molar-refractivity contribution in [3.05, 3.63) is 63.8 Å². The van der Waals surface area contributed by atoms with Crippen LogP contribution >= 0.6 is 23.2 Å². The molecule has 0 saturated heterocycles. The van der Waals surface area contributed by atoms with E-state index in [1.54, 1.807) is 6.07 Å². The molecule has 1 unspecified atom stereocenters. The van der Waals surface area contributed by atoms with Gasteiger partial charge >= 0.3 is 0 Å². The van der Waals surface area contributed by atoms with Crippen molar-refractivity contribution < 1.29 is 18.5 Å². The molecule has 5 nitrogen and oxygen atoms in total. The predicted molar refractivity (Wildman–Crippen MR) is 98.2 cm³/mol. The molecule has 130 valence electrons. The maximum atomic E-state index is 12.1. The van der Waals surface area contributed by atoms with Crippen LogP contribution < -0.4 is 15.2 Å². The van der Waals surface area contributed by atoms with Crippen LogP contribution in [0.3, 0.4) is 0 Å². The summed E-state index contributed by atoms with van der Waals surface area (Å²) >= 11 is 12.1. The lowest BCUT2D eigenvalue weighted by molar-refractivity contribution is -0.115. The van der Waals surface area contributed by atoms with Crippen molar-refractivity contribution in [1.82, 2.24) is 0 Å². The van der Waals surface area contributed by atoms with Crippen molar-refractivity contribution in [3.63, 3.8) is 0 Å². The third-order valence-electron chi connectivity index (χ3n) is 3.32. The van der Waals surface area contributed by atoms with Crippen LogP contribution in [0.1, 0.15) is 5.56 Å². The summed E-state index contributed by atoms with van der Waals surface area (Å²) in [5, 5.41) is 0.641. The zero-order valence-corrected chi connectivity index (χ0v) is 15.2. The molecule has 8 heteroatoms. The fourth-order valence-electron chi connectivity index (χ4n) is 2.28. The Morgan fingerprint density at radius 1 is 1.04 bits per heavy atom. The van der Waals surface area contributed by atoms with Gasteiger partial charge in [-0.05, 0) is 0 Å². The first kappa shape index (κ1) is 17.8. The lowest BCUT2D eigenvalue weighted by atomic mass is 10.1. The maximum Gasteiger partial charge on any atom is 0.230 e. The summed E-state index contributed by atoms with van der Waals surface area (Å²) in [6.07, 6.45) is 0.